The molecule has 0 saturated carbocycles. The highest BCUT2D eigenvalue weighted by Gasteiger charge is 2.25. The number of hydrogen-bond donors (Lipinski definition) is 5. The molecule has 1 saturated heterocycles. The second-order valence-corrected chi connectivity index (χ2v) is 11.6. The first-order valence-electron chi connectivity index (χ1n) is 15.1. The number of nitrogens with one attached hydrogen (secondary N) is 2. The van der Waals surface area contributed by atoms with Crippen LogP contribution in [0.25, 0.3) is 17.1 Å². The zero-order valence-electron chi connectivity index (χ0n) is 25.9. The summed E-state index contributed by atoms with van der Waals surface area (Å²) in [4.78, 5) is 39.0. The van der Waals surface area contributed by atoms with Gasteiger partial charge in [-0.15, -0.1) is 22.5 Å². The van der Waals surface area contributed by atoms with E-state index in [0.29, 0.717) is 22.7 Å². The highest BCUT2D eigenvalue weighted by Crippen LogP contribution is 2.38. The van der Waals surface area contributed by atoms with Gasteiger partial charge in [-0.25, -0.2) is 0 Å². The molecule has 3 aromatic rings. The molecule has 0 bridgehead atoms. The zero-order chi connectivity index (χ0) is 32.7. The van der Waals surface area contributed by atoms with Gasteiger partial charge < -0.3 is 31.5 Å². The van der Waals surface area contributed by atoms with Crippen LogP contribution in [-0.4, -0.2) is 79.8 Å². The Balaban J connectivity index is 1.59. The third kappa shape index (κ3) is 7.99. The van der Waals surface area contributed by atoms with Gasteiger partial charge >= 0.3 is 0 Å². The number of nitrogens with zero attached hydrogens (tertiary/aromatic N) is 4. The van der Waals surface area contributed by atoms with E-state index in [2.05, 4.69) is 26.8 Å². The molecule has 238 valence electrons. The second kappa shape index (κ2) is 14.7. The molecule has 1 aliphatic heterocycles. The number of hydrogen-bond acceptors (Lipinski definition) is 8. The van der Waals surface area contributed by atoms with Crippen molar-refractivity contribution in [3.8, 4) is 40.9 Å². The summed E-state index contributed by atoms with van der Waals surface area (Å²) >= 11 is 0. The highest BCUT2D eigenvalue weighted by atomic mass is 16.3. The van der Waals surface area contributed by atoms with E-state index in [4.69, 9.17) is 12.2 Å². The lowest BCUT2D eigenvalue weighted by Gasteiger charge is -2.31. The van der Waals surface area contributed by atoms with Crippen LogP contribution < -0.4 is 16.4 Å². The number of phenols is 2. The number of aromatic hydroxyl groups is 2. The van der Waals surface area contributed by atoms with E-state index in [1.807, 2.05) is 43.0 Å². The lowest BCUT2D eigenvalue weighted by atomic mass is 9.90. The van der Waals surface area contributed by atoms with Gasteiger partial charge in [-0.05, 0) is 60.4 Å². The summed E-state index contributed by atoms with van der Waals surface area (Å²) in [5.41, 5.74) is 8.35. The maximum absolute atomic E-state index is 13.4. The van der Waals surface area contributed by atoms with Gasteiger partial charge in [0.15, 0.2) is 5.82 Å². The number of rotatable bonds is 11. The fraction of sp³-hybridized carbons (Fsp3) is 0.424. The van der Waals surface area contributed by atoms with Crippen molar-refractivity contribution in [3.63, 3.8) is 0 Å². The molecule has 1 fully saturated rings. The van der Waals surface area contributed by atoms with E-state index in [1.165, 1.54) is 6.07 Å². The SMILES string of the molecule is C#CC[C@H](N)C(=O)NCCNC(=O)c1nnc(-c2cc(C(C)C)c(O)cc2O)n1-c1ccc(CC2CCN(C(C)=O)CC2)cc1. The number of nitrogens with two attached hydrogens (primary N) is 1. The van der Waals surface area contributed by atoms with Crippen LogP contribution in [0.1, 0.15) is 67.7 Å². The van der Waals surface area contributed by atoms with Crippen molar-refractivity contribution in [2.24, 2.45) is 11.7 Å². The van der Waals surface area contributed by atoms with Gasteiger partial charge in [0.25, 0.3) is 5.91 Å². The Morgan fingerprint density at radius 1 is 1.04 bits per heavy atom. The number of amides is 3. The van der Waals surface area contributed by atoms with Gasteiger partial charge in [0.1, 0.15) is 11.5 Å². The molecule has 1 atom stereocenters. The lowest BCUT2D eigenvalue weighted by Crippen LogP contribution is -2.43. The molecule has 6 N–H and O–H groups in total. The van der Waals surface area contributed by atoms with Crippen LogP contribution >= 0.6 is 0 Å². The second-order valence-electron chi connectivity index (χ2n) is 11.6. The van der Waals surface area contributed by atoms with Crippen LogP contribution in [0.5, 0.6) is 11.5 Å². The first-order chi connectivity index (χ1) is 21.5. The van der Waals surface area contributed by atoms with E-state index in [0.717, 1.165) is 37.9 Å². The Morgan fingerprint density at radius 3 is 2.33 bits per heavy atom. The molecular weight excluding hydrogens is 574 g/mol. The van der Waals surface area contributed by atoms with Crippen LogP contribution in [0.3, 0.4) is 0 Å². The van der Waals surface area contributed by atoms with Gasteiger partial charge in [0.05, 0.1) is 11.6 Å². The van der Waals surface area contributed by atoms with E-state index < -0.39 is 17.9 Å². The predicted octanol–water partition coefficient (Wildman–Crippen LogP) is 2.47. The summed E-state index contributed by atoms with van der Waals surface area (Å²) < 4.78 is 1.56. The minimum absolute atomic E-state index is 0.0247. The average Bonchev–Trinajstić information content (AvgIpc) is 3.44. The quantitative estimate of drug-likeness (QED) is 0.161. The molecule has 2 aromatic carbocycles. The Kier molecular flexibility index (Phi) is 10.8. The average molecular weight is 616 g/mol. The number of terminal acetylenes is 1. The topological polar surface area (TPSA) is 176 Å². The fourth-order valence-corrected chi connectivity index (χ4v) is 5.44. The standard InChI is InChI=1S/C33H41N7O5/c1-5-6-27(34)32(44)35-13-14-36-33(45)31-38-37-30(26-18-25(20(2)3)28(42)19-29(26)43)40(31)24-9-7-22(8-10-24)17-23-11-15-39(16-12-23)21(4)41/h1,7-10,18-20,23,27,42-43H,6,11-17,34H2,2-4H3,(H,35,44)(H,36,45)/t27-/m0/s1. The number of aromatic nitrogens is 3. The Labute approximate surface area is 263 Å². The van der Waals surface area contributed by atoms with Crippen LogP contribution in [-0.2, 0) is 16.0 Å². The van der Waals surface area contributed by atoms with E-state index >= 15 is 0 Å². The third-order valence-electron chi connectivity index (χ3n) is 8.04. The molecule has 0 spiro atoms. The molecule has 1 aromatic heterocycles. The maximum atomic E-state index is 13.4. The molecule has 0 radical (unpaired) electrons. The number of piperidine rings is 1. The van der Waals surface area contributed by atoms with Gasteiger partial charge in [-0.1, -0.05) is 26.0 Å². The van der Waals surface area contributed by atoms with Crippen molar-refractivity contribution in [2.75, 3.05) is 26.2 Å². The summed E-state index contributed by atoms with van der Waals surface area (Å²) in [5.74, 6) is 1.85. The molecule has 12 heteroatoms. The number of carbonyl (C=O) groups is 3. The van der Waals surface area contributed by atoms with Crippen molar-refractivity contribution in [1.82, 2.24) is 30.3 Å². The minimum atomic E-state index is -0.832. The van der Waals surface area contributed by atoms with Gasteiger partial charge in [-0.2, -0.15) is 0 Å². The van der Waals surface area contributed by atoms with Gasteiger partial charge in [-0.3, -0.25) is 19.0 Å². The molecular formula is C33H41N7O5. The fourth-order valence-electron chi connectivity index (χ4n) is 5.44. The summed E-state index contributed by atoms with van der Waals surface area (Å²) in [6.07, 6.45) is 8.06. The van der Waals surface area contributed by atoms with E-state index in [9.17, 15) is 24.6 Å². The zero-order valence-corrected chi connectivity index (χ0v) is 25.9. The van der Waals surface area contributed by atoms with Gasteiger partial charge in [0.2, 0.25) is 17.6 Å². The van der Waals surface area contributed by atoms with Crippen molar-refractivity contribution >= 4 is 17.7 Å². The molecule has 0 unspecified atom stereocenters. The summed E-state index contributed by atoms with van der Waals surface area (Å²) in [6.45, 7) is 7.18. The molecule has 1 aliphatic rings. The van der Waals surface area contributed by atoms with Crippen LogP contribution in [0, 0.1) is 18.3 Å². The Hall–Kier alpha value is -4.89. The van der Waals surface area contributed by atoms with Crippen molar-refractivity contribution in [2.45, 2.75) is 58.4 Å². The van der Waals surface area contributed by atoms with Crippen LogP contribution in [0.4, 0.5) is 0 Å². The van der Waals surface area contributed by atoms with Gasteiger partial charge in [0, 0.05) is 51.3 Å². The number of likely N-dealkylation sites (tertiary alicyclic amines) is 1. The van der Waals surface area contributed by atoms with Crippen molar-refractivity contribution < 1.29 is 24.6 Å². The Bertz CT molecular complexity index is 1570. The molecule has 12 nitrogen and oxygen atoms in total. The summed E-state index contributed by atoms with van der Waals surface area (Å²) in [6, 6.07) is 9.80. The molecule has 0 aliphatic carbocycles. The monoisotopic (exact) mass is 615 g/mol. The Morgan fingerprint density at radius 2 is 1.71 bits per heavy atom. The van der Waals surface area contributed by atoms with Crippen LogP contribution in [0.15, 0.2) is 36.4 Å². The number of carbonyl (C=O) groups excluding carboxylic acids is 3. The minimum Gasteiger partial charge on any atom is -0.508 e. The van der Waals surface area contributed by atoms with Crippen molar-refractivity contribution in [3.05, 3.63) is 53.3 Å². The van der Waals surface area contributed by atoms with Crippen molar-refractivity contribution in [1.29, 1.82) is 0 Å². The first kappa shape index (κ1) is 33.0. The normalized spacial score (nSPS) is 14.2. The van der Waals surface area contributed by atoms with Crippen LogP contribution in [0.2, 0.25) is 0 Å². The third-order valence-corrected chi connectivity index (χ3v) is 8.04. The molecule has 3 amide bonds. The predicted molar refractivity (Wildman–Crippen MR) is 170 cm³/mol. The summed E-state index contributed by atoms with van der Waals surface area (Å²) in [5, 5.41) is 35.1. The van der Waals surface area contributed by atoms with E-state index in [1.54, 1.807) is 17.6 Å². The number of benzene rings is 2. The molecule has 45 heavy (non-hydrogen) atoms. The molecule has 4 rings (SSSR count). The molecule has 2 heterocycles. The largest absolute Gasteiger partial charge is 0.508 e. The highest BCUT2D eigenvalue weighted by molar-refractivity contribution is 5.92. The smallest absolute Gasteiger partial charge is 0.289 e. The number of phenolic OH excluding ortho intramolecular Hbond substituents is 2. The lowest BCUT2D eigenvalue weighted by molar-refractivity contribution is -0.130. The van der Waals surface area contributed by atoms with E-state index in [-0.39, 0.29) is 54.5 Å². The maximum Gasteiger partial charge on any atom is 0.289 e. The summed E-state index contributed by atoms with van der Waals surface area (Å²) in [7, 11) is 0. The first-order valence-corrected chi connectivity index (χ1v) is 15.1.